The van der Waals surface area contributed by atoms with E-state index in [0.29, 0.717) is 23.1 Å². The van der Waals surface area contributed by atoms with Gasteiger partial charge in [0.2, 0.25) is 5.88 Å². The SMILES string of the molecule is COc1nccnc1-c1ncnc(N)c1C. The van der Waals surface area contributed by atoms with E-state index >= 15 is 0 Å². The highest BCUT2D eigenvalue weighted by atomic mass is 16.5. The van der Waals surface area contributed by atoms with Crippen molar-refractivity contribution in [3.05, 3.63) is 24.3 Å². The highest BCUT2D eigenvalue weighted by Crippen LogP contribution is 2.27. The Morgan fingerprint density at radius 2 is 1.81 bits per heavy atom. The van der Waals surface area contributed by atoms with Gasteiger partial charge in [0.15, 0.2) is 5.69 Å². The molecule has 0 amide bonds. The Bertz CT molecular complexity index is 514. The van der Waals surface area contributed by atoms with Crippen molar-refractivity contribution in [2.24, 2.45) is 0 Å². The molecule has 0 atom stereocenters. The van der Waals surface area contributed by atoms with Crippen molar-refractivity contribution in [1.82, 2.24) is 19.9 Å². The number of methoxy groups -OCH3 is 1. The Morgan fingerprint density at radius 3 is 2.56 bits per heavy atom. The van der Waals surface area contributed by atoms with Crippen LogP contribution in [-0.4, -0.2) is 27.0 Å². The summed E-state index contributed by atoms with van der Waals surface area (Å²) < 4.78 is 5.12. The number of nitrogens with two attached hydrogens (primary N) is 1. The third kappa shape index (κ3) is 1.65. The van der Waals surface area contributed by atoms with Gasteiger partial charge in [-0.3, -0.25) is 0 Å². The second kappa shape index (κ2) is 4.09. The van der Waals surface area contributed by atoms with Crippen molar-refractivity contribution in [1.29, 1.82) is 0 Å². The van der Waals surface area contributed by atoms with Gasteiger partial charge in [-0.1, -0.05) is 0 Å². The van der Waals surface area contributed by atoms with Crippen molar-refractivity contribution in [2.75, 3.05) is 12.8 Å². The molecule has 2 rings (SSSR count). The van der Waals surface area contributed by atoms with Crippen LogP contribution in [0.15, 0.2) is 18.7 Å². The number of nitrogen functional groups attached to an aromatic ring is 1. The molecule has 82 valence electrons. The van der Waals surface area contributed by atoms with Gasteiger partial charge >= 0.3 is 0 Å². The molecule has 2 aromatic rings. The standard InChI is InChI=1S/C10H11N5O/c1-6-7(14-5-15-9(6)11)8-10(16-2)13-4-3-12-8/h3-5H,1-2H3,(H2,11,14,15). The van der Waals surface area contributed by atoms with E-state index in [1.807, 2.05) is 6.92 Å². The second-order valence-corrected chi connectivity index (χ2v) is 3.15. The summed E-state index contributed by atoms with van der Waals surface area (Å²) in [6.45, 7) is 1.83. The maximum atomic E-state index is 5.71. The number of hydrogen-bond donors (Lipinski definition) is 1. The molecule has 0 bridgehead atoms. The fourth-order valence-corrected chi connectivity index (χ4v) is 1.34. The zero-order valence-electron chi connectivity index (χ0n) is 9.01. The molecular weight excluding hydrogens is 206 g/mol. The van der Waals surface area contributed by atoms with E-state index in [-0.39, 0.29) is 0 Å². The predicted molar refractivity (Wildman–Crippen MR) is 58.8 cm³/mol. The molecular formula is C10H11N5O. The lowest BCUT2D eigenvalue weighted by atomic mass is 10.2. The van der Waals surface area contributed by atoms with Crippen LogP contribution in [0.4, 0.5) is 5.82 Å². The Hall–Kier alpha value is -2.24. The first-order valence-electron chi connectivity index (χ1n) is 4.66. The van der Waals surface area contributed by atoms with Crippen LogP contribution in [0.1, 0.15) is 5.56 Å². The van der Waals surface area contributed by atoms with Crippen LogP contribution >= 0.6 is 0 Å². The predicted octanol–water partition coefficient (Wildman–Crippen LogP) is 0.833. The summed E-state index contributed by atoms with van der Waals surface area (Å²) in [5.41, 5.74) is 7.68. The Labute approximate surface area is 92.6 Å². The summed E-state index contributed by atoms with van der Waals surface area (Å²) >= 11 is 0. The summed E-state index contributed by atoms with van der Waals surface area (Å²) in [6, 6.07) is 0. The molecule has 0 spiro atoms. The lowest BCUT2D eigenvalue weighted by Crippen LogP contribution is -2.01. The lowest BCUT2D eigenvalue weighted by molar-refractivity contribution is 0.397. The Morgan fingerprint density at radius 1 is 1.06 bits per heavy atom. The zero-order valence-corrected chi connectivity index (χ0v) is 9.01. The number of nitrogens with zero attached hydrogens (tertiary/aromatic N) is 4. The Kier molecular flexibility index (Phi) is 2.63. The molecule has 6 heteroatoms. The maximum absolute atomic E-state index is 5.71. The molecule has 0 aliphatic rings. The molecule has 0 aromatic carbocycles. The molecule has 0 saturated heterocycles. The molecule has 6 nitrogen and oxygen atoms in total. The summed E-state index contributed by atoms with van der Waals surface area (Å²) in [6.07, 6.45) is 4.53. The van der Waals surface area contributed by atoms with Crippen molar-refractivity contribution in [3.63, 3.8) is 0 Å². The van der Waals surface area contributed by atoms with Crippen LogP contribution in [0.25, 0.3) is 11.4 Å². The summed E-state index contributed by atoms with van der Waals surface area (Å²) in [5.74, 6) is 0.849. The van der Waals surface area contributed by atoms with Crippen LogP contribution in [0.5, 0.6) is 5.88 Å². The van der Waals surface area contributed by atoms with Crippen LogP contribution in [0.3, 0.4) is 0 Å². The van der Waals surface area contributed by atoms with Crippen LogP contribution < -0.4 is 10.5 Å². The van der Waals surface area contributed by atoms with Gasteiger partial charge in [-0.05, 0) is 6.92 Å². The van der Waals surface area contributed by atoms with E-state index in [0.717, 1.165) is 5.56 Å². The third-order valence-electron chi connectivity index (χ3n) is 2.21. The summed E-state index contributed by atoms with van der Waals surface area (Å²) in [4.78, 5) is 16.3. The van der Waals surface area contributed by atoms with Crippen molar-refractivity contribution in [2.45, 2.75) is 6.92 Å². The number of rotatable bonds is 2. The van der Waals surface area contributed by atoms with E-state index in [2.05, 4.69) is 19.9 Å². The van der Waals surface area contributed by atoms with Gasteiger partial charge in [0.05, 0.1) is 7.11 Å². The van der Waals surface area contributed by atoms with Crippen LogP contribution in [0, 0.1) is 6.92 Å². The molecule has 0 radical (unpaired) electrons. The average molecular weight is 217 g/mol. The van der Waals surface area contributed by atoms with E-state index in [1.165, 1.54) is 13.4 Å². The first-order chi connectivity index (χ1) is 7.74. The molecule has 2 N–H and O–H groups in total. The quantitative estimate of drug-likeness (QED) is 0.801. The smallest absolute Gasteiger partial charge is 0.241 e. The first-order valence-corrected chi connectivity index (χ1v) is 4.66. The van der Waals surface area contributed by atoms with Gasteiger partial charge in [0.1, 0.15) is 17.8 Å². The average Bonchev–Trinajstić information content (AvgIpc) is 2.33. The minimum Gasteiger partial charge on any atom is -0.479 e. The summed E-state index contributed by atoms with van der Waals surface area (Å²) in [5, 5.41) is 0. The highest BCUT2D eigenvalue weighted by molar-refractivity contribution is 5.67. The number of hydrogen-bond acceptors (Lipinski definition) is 6. The Balaban J connectivity index is 2.63. The van der Waals surface area contributed by atoms with Gasteiger partial charge in [-0.15, -0.1) is 0 Å². The normalized spacial score (nSPS) is 10.1. The minimum absolute atomic E-state index is 0.420. The van der Waals surface area contributed by atoms with E-state index in [4.69, 9.17) is 10.5 Å². The number of ether oxygens (including phenoxy) is 1. The van der Waals surface area contributed by atoms with Crippen molar-refractivity contribution in [3.8, 4) is 17.3 Å². The fraction of sp³-hybridized carbons (Fsp3) is 0.200. The van der Waals surface area contributed by atoms with Gasteiger partial charge < -0.3 is 10.5 Å². The van der Waals surface area contributed by atoms with E-state index < -0.39 is 0 Å². The fourth-order valence-electron chi connectivity index (χ4n) is 1.34. The topological polar surface area (TPSA) is 86.8 Å². The minimum atomic E-state index is 0.420. The number of aromatic nitrogens is 4. The van der Waals surface area contributed by atoms with Gasteiger partial charge in [0.25, 0.3) is 0 Å². The monoisotopic (exact) mass is 217 g/mol. The number of anilines is 1. The van der Waals surface area contributed by atoms with Crippen molar-refractivity contribution >= 4 is 5.82 Å². The molecule has 16 heavy (non-hydrogen) atoms. The molecule has 0 fully saturated rings. The molecule has 0 aliphatic carbocycles. The van der Waals surface area contributed by atoms with Gasteiger partial charge in [-0.2, -0.15) is 0 Å². The highest BCUT2D eigenvalue weighted by Gasteiger charge is 2.13. The van der Waals surface area contributed by atoms with E-state index in [1.54, 1.807) is 12.4 Å². The summed E-state index contributed by atoms with van der Waals surface area (Å²) in [7, 11) is 1.54. The largest absolute Gasteiger partial charge is 0.479 e. The molecule has 2 heterocycles. The van der Waals surface area contributed by atoms with Gasteiger partial charge in [0, 0.05) is 18.0 Å². The van der Waals surface area contributed by atoms with Crippen LogP contribution in [-0.2, 0) is 0 Å². The van der Waals surface area contributed by atoms with Crippen molar-refractivity contribution < 1.29 is 4.74 Å². The molecule has 0 unspecified atom stereocenters. The first kappa shape index (κ1) is 10.3. The third-order valence-corrected chi connectivity index (χ3v) is 2.21. The zero-order chi connectivity index (χ0) is 11.5. The maximum Gasteiger partial charge on any atom is 0.241 e. The van der Waals surface area contributed by atoms with E-state index in [9.17, 15) is 0 Å². The van der Waals surface area contributed by atoms with Crippen LogP contribution in [0.2, 0.25) is 0 Å². The van der Waals surface area contributed by atoms with Gasteiger partial charge in [-0.25, -0.2) is 19.9 Å². The second-order valence-electron chi connectivity index (χ2n) is 3.15. The molecule has 0 aliphatic heterocycles. The molecule has 2 aromatic heterocycles. The lowest BCUT2D eigenvalue weighted by Gasteiger charge is -2.08. The molecule has 0 saturated carbocycles.